The Hall–Kier alpha value is -2.29. The molecule has 9 heteroatoms. The molecule has 0 spiro atoms. The van der Waals surface area contributed by atoms with Gasteiger partial charge in [0.15, 0.2) is 22.8 Å². The van der Waals surface area contributed by atoms with Crippen LogP contribution in [0, 0.1) is 0 Å². The largest absolute Gasteiger partial charge is 0.461 e. The third-order valence-electron chi connectivity index (χ3n) is 3.12. The molecule has 0 aliphatic heterocycles. The number of thioether (sulfide) groups is 1. The van der Waals surface area contributed by atoms with Crippen LogP contribution < -0.4 is 5.32 Å². The molecule has 0 saturated heterocycles. The lowest BCUT2D eigenvalue weighted by atomic mass is 10.4. The summed E-state index contributed by atoms with van der Waals surface area (Å²) in [6.07, 6.45) is 0.748. The Morgan fingerprint density at radius 3 is 2.83 bits per heavy atom. The van der Waals surface area contributed by atoms with Gasteiger partial charge in [-0.3, -0.25) is 14.2 Å². The average molecular weight is 352 g/mol. The van der Waals surface area contributed by atoms with Crippen molar-refractivity contribution in [2.75, 3.05) is 12.3 Å². The van der Waals surface area contributed by atoms with Crippen molar-refractivity contribution >= 4 is 23.6 Å². The van der Waals surface area contributed by atoms with Gasteiger partial charge in [0.05, 0.1) is 12.0 Å². The lowest BCUT2D eigenvalue weighted by molar-refractivity contribution is -0.152. The highest BCUT2D eigenvalue weighted by molar-refractivity contribution is 7.99. The first-order valence-corrected chi connectivity index (χ1v) is 8.62. The second kappa shape index (κ2) is 8.53. The minimum atomic E-state index is -0.819. The number of ether oxygens (including phenoxy) is 1. The van der Waals surface area contributed by atoms with Gasteiger partial charge in [-0.05, 0) is 32.9 Å². The first-order chi connectivity index (χ1) is 11.6. The topological polar surface area (TPSA) is 99.2 Å². The molecule has 130 valence electrons. The van der Waals surface area contributed by atoms with E-state index in [0.29, 0.717) is 29.8 Å². The molecule has 1 atom stereocenters. The molecule has 0 unspecified atom stereocenters. The molecule has 0 aliphatic carbocycles. The van der Waals surface area contributed by atoms with Crippen LogP contribution in [0.3, 0.4) is 0 Å². The normalized spacial score (nSPS) is 12.0. The van der Waals surface area contributed by atoms with E-state index in [9.17, 15) is 9.59 Å². The van der Waals surface area contributed by atoms with E-state index >= 15 is 0 Å². The summed E-state index contributed by atoms with van der Waals surface area (Å²) in [5.41, 5.74) is 0. The molecule has 2 aromatic rings. The van der Waals surface area contributed by atoms with Crippen LogP contribution in [-0.2, 0) is 20.9 Å². The van der Waals surface area contributed by atoms with Crippen molar-refractivity contribution < 1.29 is 18.7 Å². The quantitative estimate of drug-likeness (QED) is 0.570. The molecule has 0 aliphatic rings. The number of nitrogens with zero attached hydrogens (tertiary/aromatic N) is 3. The van der Waals surface area contributed by atoms with E-state index in [-0.39, 0.29) is 11.7 Å². The smallest absolute Gasteiger partial charge is 0.317 e. The molecule has 0 aromatic carbocycles. The summed E-state index contributed by atoms with van der Waals surface area (Å²) in [6, 6.07) is 3.57. The molecule has 0 saturated carbocycles. The van der Waals surface area contributed by atoms with Crippen LogP contribution >= 0.6 is 11.8 Å². The van der Waals surface area contributed by atoms with Crippen molar-refractivity contribution in [1.82, 2.24) is 20.1 Å². The molecule has 0 fully saturated rings. The Labute approximate surface area is 144 Å². The SMILES string of the molecule is CCNC(=O)[C@@H](C)OC(=O)CSc1nnc(-c2ccco2)n1CC. The van der Waals surface area contributed by atoms with Gasteiger partial charge in [0.1, 0.15) is 0 Å². The van der Waals surface area contributed by atoms with Gasteiger partial charge >= 0.3 is 5.97 Å². The number of aromatic nitrogens is 3. The molecule has 1 amide bonds. The van der Waals surface area contributed by atoms with Crippen LogP contribution in [0.25, 0.3) is 11.6 Å². The van der Waals surface area contributed by atoms with Gasteiger partial charge in [-0.1, -0.05) is 11.8 Å². The highest BCUT2D eigenvalue weighted by Gasteiger charge is 2.19. The number of hydrogen-bond donors (Lipinski definition) is 1. The number of nitrogens with one attached hydrogen (secondary N) is 1. The number of likely N-dealkylation sites (N-methyl/N-ethyl adjacent to an activating group) is 1. The zero-order valence-corrected chi connectivity index (χ0v) is 14.6. The second-order valence-corrected chi connectivity index (χ2v) is 5.79. The standard InChI is InChI=1S/C15H20N4O4S/c1-4-16-14(21)10(3)23-12(20)9-24-15-18-17-13(19(15)5-2)11-7-6-8-22-11/h6-8,10H,4-5,9H2,1-3H3,(H,16,21)/t10-/m1/s1. The lowest BCUT2D eigenvalue weighted by Crippen LogP contribution is -2.35. The molecule has 2 aromatic heterocycles. The van der Waals surface area contributed by atoms with Crippen LogP contribution in [0.15, 0.2) is 28.0 Å². The van der Waals surface area contributed by atoms with Gasteiger partial charge in [0.25, 0.3) is 5.91 Å². The van der Waals surface area contributed by atoms with Gasteiger partial charge in [-0.2, -0.15) is 0 Å². The van der Waals surface area contributed by atoms with Crippen LogP contribution in [-0.4, -0.2) is 45.0 Å². The van der Waals surface area contributed by atoms with E-state index in [1.165, 1.54) is 18.7 Å². The van der Waals surface area contributed by atoms with Crippen LogP contribution in [0.4, 0.5) is 0 Å². The molecule has 24 heavy (non-hydrogen) atoms. The number of rotatable bonds is 8. The zero-order valence-electron chi connectivity index (χ0n) is 13.8. The molecular formula is C15H20N4O4S. The van der Waals surface area contributed by atoms with Crippen LogP contribution in [0.2, 0.25) is 0 Å². The number of furan rings is 1. The van der Waals surface area contributed by atoms with Crippen LogP contribution in [0.1, 0.15) is 20.8 Å². The van der Waals surface area contributed by atoms with Crippen molar-refractivity contribution in [2.45, 2.75) is 38.6 Å². The molecule has 2 heterocycles. The number of carbonyl (C=O) groups is 2. The maximum absolute atomic E-state index is 11.9. The zero-order chi connectivity index (χ0) is 17.5. The minimum absolute atomic E-state index is 0.0417. The maximum Gasteiger partial charge on any atom is 0.317 e. The number of esters is 1. The van der Waals surface area contributed by atoms with E-state index in [1.54, 1.807) is 25.3 Å². The fraction of sp³-hybridized carbons (Fsp3) is 0.467. The van der Waals surface area contributed by atoms with Crippen molar-refractivity contribution in [1.29, 1.82) is 0 Å². The molecule has 1 N–H and O–H groups in total. The molecule has 0 bridgehead atoms. The fourth-order valence-electron chi connectivity index (χ4n) is 1.99. The Balaban J connectivity index is 1.95. The van der Waals surface area contributed by atoms with E-state index in [0.717, 1.165) is 0 Å². The maximum atomic E-state index is 11.9. The highest BCUT2D eigenvalue weighted by Crippen LogP contribution is 2.24. The average Bonchev–Trinajstić information content (AvgIpc) is 3.21. The van der Waals surface area contributed by atoms with E-state index in [1.807, 2.05) is 11.5 Å². The predicted octanol–water partition coefficient (Wildman–Crippen LogP) is 1.72. The van der Waals surface area contributed by atoms with Crippen molar-refractivity contribution in [3.63, 3.8) is 0 Å². The Bertz CT molecular complexity index is 684. The summed E-state index contributed by atoms with van der Waals surface area (Å²) in [6.45, 7) is 6.42. The molecule has 8 nitrogen and oxygen atoms in total. The van der Waals surface area contributed by atoms with Crippen molar-refractivity contribution in [3.8, 4) is 11.6 Å². The summed E-state index contributed by atoms with van der Waals surface area (Å²) < 4.78 is 12.3. The van der Waals surface area contributed by atoms with E-state index in [2.05, 4.69) is 15.5 Å². The molecular weight excluding hydrogens is 332 g/mol. The Morgan fingerprint density at radius 2 is 2.21 bits per heavy atom. The second-order valence-electron chi connectivity index (χ2n) is 4.84. The third-order valence-corrected chi connectivity index (χ3v) is 4.06. The van der Waals surface area contributed by atoms with Gasteiger partial charge in [-0.25, -0.2) is 0 Å². The number of amides is 1. The summed E-state index contributed by atoms with van der Waals surface area (Å²) in [5, 5.41) is 11.4. The lowest BCUT2D eigenvalue weighted by Gasteiger charge is -2.12. The highest BCUT2D eigenvalue weighted by atomic mass is 32.2. The van der Waals surface area contributed by atoms with Gasteiger partial charge in [-0.15, -0.1) is 10.2 Å². The fourth-order valence-corrected chi connectivity index (χ4v) is 2.78. The predicted molar refractivity (Wildman–Crippen MR) is 88.4 cm³/mol. The minimum Gasteiger partial charge on any atom is -0.461 e. The van der Waals surface area contributed by atoms with Gasteiger partial charge in [0, 0.05) is 13.1 Å². The summed E-state index contributed by atoms with van der Waals surface area (Å²) in [5.74, 6) is 0.467. The Kier molecular flexibility index (Phi) is 6.42. The monoisotopic (exact) mass is 352 g/mol. The summed E-state index contributed by atoms with van der Waals surface area (Å²) in [4.78, 5) is 23.4. The molecule has 0 radical (unpaired) electrons. The third kappa shape index (κ3) is 4.38. The summed E-state index contributed by atoms with van der Waals surface area (Å²) in [7, 11) is 0. The number of carbonyl (C=O) groups excluding carboxylic acids is 2. The van der Waals surface area contributed by atoms with E-state index < -0.39 is 12.1 Å². The van der Waals surface area contributed by atoms with Crippen LogP contribution in [0.5, 0.6) is 0 Å². The first kappa shape index (κ1) is 18.1. The Morgan fingerprint density at radius 1 is 1.42 bits per heavy atom. The van der Waals surface area contributed by atoms with Gasteiger partial charge in [0.2, 0.25) is 0 Å². The summed E-state index contributed by atoms with van der Waals surface area (Å²) >= 11 is 1.21. The molecule has 2 rings (SSSR count). The van der Waals surface area contributed by atoms with E-state index in [4.69, 9.17) is 9.15 Å². The van der Waals surface area contributed by atoms with Crippen molar-refractivity contribution in [3.05, 3.63) is 18.4 Å². The number of hydrogen-bond acceptors (Lipinski definition) is 7. The first-order valence-electron chi connectivity index (χ1n) is 7.63. The van der Waals surface area contributed by atoms with Crippen molar-refractivity contribution in [2.24, 2.45) is 0 Å². The van der Waals surface area contributed by atoms with Gasteiger partial charge < -0.3 is 14.5 Å².